The number of aliphatic carboxylic acids is 1. The van der Waals surface area contributed by atoms with E-state index in [0.717, 1.165) is 6.54 Å². The van der Waals surface area contributed by atoms with Crippen molar-refractivity contribution in [1.29, 1.82) is 0 Å². The van der Waals surface area contributed by atoms with Crippen molar-refractivity contribution in [3.63, 3.8) is 0 Å². The Balaban J connectivity index is 1.76. The minimum Gasteiger partial charge on any atom is -0.480 e. The van der Waals surface area contributed by atoms with Crippen LogP contribution in [0, 0.1) is 0 Å². The zero-order chi connectivity index (χ0) is 13.9. The molecule has 0 saturated carbocycles. The Morgan fingerprint density at radius 2 is 1.65 bits per heavy atom. The van der Waals surface area contributed by atoms with Gasteiger partial charge in [0.25, 0.3) is 0 Å². The minimum atomic E-state index is -0.756. The first-order valence-electron chi connectivity index (χ1n) is 6.85. The van der Waals surface area contributed by atoms with Crippen molar-refractivity contribution in [2.45, 2.75) is 18.4 Å². The Morgan fingerprint density at radius 3 is 2.25 bits per heavy atom. The van der Waals surface area contributed by atoms with E-state index in [-0.39, 0.29) is 0 Å². The second-order valence-electron chi connectivity index (χ2n) is 5.22. The Hall–Kier alpha value is -2.13. The summed E-state index contributed by atoms with van der Waals surface area (Å²) in [5.41, 5.74) is 3.60. The predicted molar refractivity (Wildman–Crippen MR) is 78.7 cm³/mol. The lowest BCUT2D eigenvalue weighted by Crippen LogP contribution is -2.29. The molecule has 2 aromatic rings. The zero-order valence-corrected chi connectivity index (χ0v) is 11.1. The number of benzene rings is 2. The van der Waals surface area contributed by atoms with E-state index in [1.165, 1.54) is 16.7 Å². The molecule has 1 heterocycles. The summed E-state index contributed by atoms with van der Waals surface area (Å²) in [4.78, 5) is 11.0. The van der Waals surface area contributed by atoms with Gasteiger partial charge < -0.3 is 10.4 Å². The molecule has 2 atom stereocenters. The fourth-order valence-electron chi connectivity index (χ4n) is 2.76. The van der Waals surface area contributed by atoms with E-state index in [9.17, 15) is 4.79 Å². The molecular weight excluding hydrogens is 250 g/mol. The maximum absolute atomic E-state index is 11.0. The van der Waals surface area contributed by atoms with E-state index < -0.39 is 12.0 Å². The number of rotatable bonds is 3. The standard InChI is InChI=1S/C17H17NO2/c19-17(20)16-10-15(11-18-16)14-8-6-13(7-9-14)12-4-2-1-3-5-12/h1-9,15-16,18H,10-11H2,(H,19,20)/t15?,16-/m0/s1. The molecule has 0 radical (unpaired) electrons. The van der Waals surface area contributed by atoms with Crippen molar-refractivity contribution in [2.24, 2.45) is 0 Å². The largest absolute Gasteiger partial charge is 0.480 e. The van der Waals surface area contributed by atoms with Gasteiger partial charge in [0, 0.05) is 6.54 Å². The summed E-state index contributed by atoms with van der Waals surface area (Å²) >= 11 is 0. The Morgan fingerprint density at radius 1 is 1.00 bits per heavy atom. The Kier molecular flexibility index (Phi) is 3.52. The van der Waals surface area contributed by atoms with Crippen molar-refractivity contribution in [3.8, 4) is 11.1 Å². The third-order valence-electron chi connectivity index (χ3n) is 3.92. The second-order valence-corrected chi connectivity index (χ2v) is 5.22. The fourth-order valence-corrected chi connectivity index (χ4v) is 2.76. The van der Waals surface area contributed by atoms with Gasteiger partial charge in [-0.1, -0.05) is 54.6 Å². The molecule has 3 heteroatoms. The van der Waals surface area contributed by atoms with Crippen LogP contribution >= 0.6 is 0 Å². The molecule has 3 rings (SSSR count). The molecule has 0 aromatic heterocycles. The van der Waals surface area contributed by atoms with E-state index in [0.29, 0.717) is 12.3 Å². The van der Waals surface area contributed by atoms with Gasteiger partial charge in [-0.2, -0.15) is 0 Å². The first kappa shape index (κ1) is 12.9. The van der Waals surface area contributed by atoms with Gasteiger partial charge in [-0.15, -0.1) is 0 Å². The van der Waals surface area contributed by atoms with Crippen LogP contribution in [0.1, 0.15) is 17.9 Å². The van der Waals surface area contributed by atoms with Crippen LogP contribution in [0.15, 0.2) is 54.6 Å². The van der Waals surface area contributed by atoms with Gasteiger partial charge in [-0.05, 0) is 29.0 Å². The second kappa shape index (κ2) is 5.47. The van der Waals surface area contributed by atoms with E-state index in [1.807, 2.05) is 18.2 Å². The lowest BCUT2D eigenvalue weighted by Gasteiger charge is -2.10. The van der Waals surface area contributed by atoms with Crippen LogP contribution in [-0.4, -0.2) is 23.7 Å². The number of hydrogen-bond acceptors (Lipinski definition) is 2. The van der Waals surface area contributed by atoms with Crippen LogP contribution in [-0.2, 0) is 4.79 Å². The molecule has 1 aliphatic heterocycles. The quantitative estimate of drug-likeness (QED) is 0.899. The summed E-state index contributed by atoms with van der Waals surface area (Å²) < 4.78 is 0. The molecule has 0 aliphatic carbocycles. The molecule has 3 nitrogen and oxygen atoms in total. The monoisotopic (exact) mass is 267 g/mol. The molecule has 2 N–H and O–H groups in total. The van der Waals surface area contributed by atoms with Crippen LogP contribution in [0.5, 0.6) is 0 Å². The van der Waals surface area contributed by atoms with Gasteiger partial charge in [0.2, 0.25) is 0 Å². The van der Waals surface area contributed by atoms with E-state index in [2.05, 4.69) is 41.7 Å². The average molecular weight is 267 g/mol. The molecule has 0 bridgehead atoms. The topological polar surface area (TPSA) is 49.3 Å². The number of hydrogen-bond donors (Lipinski definition) is 2. The maximum Gasteiger partial charge on any atom is 0.320 e. The number of carboxylic acids is 1. The van der Waals surface area contributed by atoms with Gasteiger partial charge in [0.15, 0.2) is 0 Å². The zero-order valence-electron chi connectivity index (χ0n) is 11.1. The number of carboxylic acid groups (broad SMARTS) is 1. The highest BCUT2D eigenvalue weighted by atomic mass is 16.4. The highest BCUT2D eigenvalue weighted by Crippen LogP contribution is 2.28. The van der Waals surface area contributed by atoms with Gasteiger partial charge >= 0.3 is 5.97 Å². The van der Waals surface area contributed by atoms with Crippen molar-refractivity contribution >= 4 is 5.97 Å². The molecule has 1 fully saturated rings. The molecule has 1 saturated heterocycles. The Labute approximate surface area is 118 Å². The Bertz CT molecular complexity index is 592. The van der Waals surface area contributed by atoms with Crippen LogP contribution in [0.4, 0.5) is 0 Å². The first-order valence-corrected chi connectivity index (χ1v) is 6.85. The van der Waals surface area contributed by atoms with E-state index in [1.54, 1.807) is 0 Å². The van der Waals surface area contributed by atoms with Crippen LogP contribution in [0.3, 0.4) is 0 Å². The van der Waals surface area contributed by atoms with Crippen molar-refractivity contribution < 1.29 is 9.90 Å². The summed E-state index contributed by atoms with van der Waals surface area (Å²) in [5, 5.41) is 12.1. The molecule has 0 spiro atoms. The van der Waals surface area contributed by atoms with Crippen LogP contribution in [0.25, 0.3) is 11.1 Å². The number of carbonyl (C=O) groups is 1. The average Bonchev–Trinajstić information content (AvgIpc) is 2.98. The van der Waals surface area contributed by atoms with Crippen molar-refractivity contribution in [3.05, 3.63) is 60.2 Å². The SMILES string of the molecule is O=C(O)[C@@H]1CC(c2ccc(-c3ccccc3)cc2)CN1. The van der Waals surface area contributed by atoms with Gasteiger partial charge in [-0.25, -0.2) is 0 Å². The molecule has 1 aliphatic rings. The summed E-state index contributed by atoms with van der Waals surface area (Å²) in [7, 11) is 0. The smallest absolute Gasteiger partial charge is 0.320 e. The molecule has 0 amide bonds. The molecule has 1 unspecified atom stereocenters. The van der Waals surface area contributed by atoms with Crippen molar-refractivity contribution in [1.82, 2.24) is 5.32 Å². The van der Waals surface area contributed by atoms with E-state index >= 15 is 0 Å². The van der Waals surface area contributed by atoms with Crippen LogP contribution in [0.2, 0.25) is 0 Å². The van der Waals surface area contributed by atoms with Crippen molar-refractivity contribution in [2.75, 3.05) is 6.54 Å². The third kappa shape index (κ3) is 2.58. The summed E-state index contributed by atoms with van der Waals surface area (Å²) in [6.07, 6.45) is 0.667. The van der Waals surface area contributed by atoms with Gasteiger partial charge in [-0.3, -0.25) is 4.79 Å². The molecule has 20 heavy (non-hydrogen) atoms. The molecule has 2 aromatic carbocycles. The summed E-state index contributed by atoms with van der Waals surface area (Å²) in [6.45, 7) is 0.738. The summed E-state index contributed by atoms with van der Waals surface area (Å²) in [5.74, 6) is -0.464. The lowest BCUT2D eigenvalue weighted by molar-refractivity contribution is -0.139. The van der Waals surface area contributed by atoms with Gasteiger partial charge in [0.05, 0.1) is 0 Å². The van der Waals surface area contributed by atoms with Crippen LogP contribution < -0.4 is 5.32 Å². The lowest BCUT2D eigenvalue weighted by atomic mass is 9.94. The van der Waals surface area contributed by atoms with Gasteiger partial charge in [0.1, 0.15) is 6.04 Å². The minimum absolute atomic E-state index is 0.293. The molecular formula is C17H17NO2. The maximum atomic E-state index is 11.0. The predicted octanol–water partition coefficient (Wildman–Crippen LogP) is 2.88. The third-order valence-corrected chi connectivity index (χ3v) is 3.92. The van der Waals surface area contributed by atoms with E-state index in [4.69, 9.17) is 5.11 Å². The normalized spacial score (nSPS) is 21.8. The highest BCUT2D eigenvalue weighted by Gasteiger charge is 2.29. The highest BCUT2D eigenvalue weighted by molar-refractivity contribution is 5.74. The first-order chi connectivity index (χ1) is 9.74. The fraction of sp³-hybridized carbons (Fsp3) is 0.235. The number of nitrogens with one attached hydrogen (secondary N) is 1. The summed E-state index contributed by atoms with van der Waals surface area (Å²) in [6, 6.07) is 18.3. The molecule has 102 valence electrons.